The number of carbonyl (C=O) groups is 1. The maximum Gasteiger partial charge on any atom is 0.336 e. The van der Waals surface area contributed by atoms with E-state index in [9.17, 15) is 9.90 Å². The van der Waals surface area contributed by atoms with Crippen LogP contribution in [0.3, 0.4) is 0 Å². The second kappa shape index (κ2) is 5.00. The minimum atomic E-state index is -0.928. The molecular formula is C16H18N2O3. The van der Waals surface area contributed by atoms with Gasteiger partial charge in [0, 0.05) is 18.5 Å². The van der Waals surface area contributed by atoms with Gasteiger partial charge in [-0.2, -0.15) is 0 Å². The Balaban J connectivity index is 2.00. The van der Waals surface area contributed by atoms with Gasteiger partial charge in [0.1, 0.15) is 5.82 Å². The number of anilines is 1. The van der Waals surface area contributed by atoms with E-state index in [1.165, 1.54) is 0 Å². The number of pyridine rings is 1. The maximum absolute atomic E-state index is 11.2. The maximum atomic E-state index is 11.2. The quantitative estimate of drug-likeness (QED) is 0.919. The minimum Gasteiger partial charge on any atom is -0.478 e. The minimum absolute atomic E-state index is 0.197. The van der Waals surface area contributed by atoms with Gasteiger partial charge in [-0.3, -0.25) is 0 Å². The van der Waals surface area contributed by atoms with E-state index in [2.05, 4.69) is 23.7 Å². The number of benzene rings is 1. The van der Waals surface area contributed by atoms with Gasteiger partial charge < -0.3 is 14.7 Å². The van der Waals surface area contributed by atoms with E-state index in [0.717, 1.165) is 18.9 Å². The van der Waals surface area contributed by atoms with Crippen LogP contribution in [-0.2, 0) is 4.74 Å². The van der Waals surface area contributed by atoms with Crippen molar-refractivity contribution in [1.82, 2.24) is 4.98 Å². The van der Waals surface area contributed by atoms with Crippen LogP contribution in [-0.4, -0.2) is 41.4 Å². The molecule has 0 bridgehead atoms. The Kier molecular flexibility index (Phi) is 3.29. The van der Waals surface area contributed by atoms with Gasteiger partial charge in [-0.05, 0) is 38.1 Å². The largest absolute Gasteiger partial charge is 0.478 e. The van der Waals surface area contributed by atoms with Crippen LogP contribution in [0.15, 0.2) is 30.3 Å². The van der Waals surface area contributed by atoms with Crippen LogP contribution in [0, 0.1) is 0 Å². The average Bonchev–Trinajstić information content (AvgIpc) is 2.44. The van der Waals surface area contributed by atoms with Gasteiger partial charge >= 0.3 is 5.97 Å². The van der Waals surface area contributed by atoms with Crippen molar-refractivity contribution in [2.45, 2.75) is 19.4 Å². The summed E-state index contributed by atoms with van der Waals surface area (Å²) in [5, 5.41) is 9.88. The topological polar surface area (TPSA) is 62.7 Å². The first-order valence-electron chi connectivity index (χ1n) is 6.98. The van der Waals surface area contributed by atoms with Gasteiger partial charge in [-0.1, -0.05) is 6.07 Å². The smallest absolute Gasteiger partial charge is 0.336 e. The first-order valence-corrected chi connectivity index (χ1v) is 6.98. The molecule has 0 saturated carbocycles. The fraction of sp³-hybridized carbons (Fsp3) is 0.375. The molecule has 2 heterocycles. The molecule has 1 saturated heterocycles. The van der Waals surface area contributed by atoms with Crippen molar-refractivity contribution in [3.8, 4) is 0 Å². The zero-order valence-corrected chi connectivity index (χ0v) is 12.2. The molecule has 3 rings (SSSR count). The van der Waals surface area contributed by atoms with Gasteiger partial charge in [-0.15, -0.1) is 0 Å². The molecule has 1 aromatic carbocycles. The molecule has 110 valence electrons. The van der Waals surface area contributed by atoms with Crippen molar-refractivity contribution in [3.63, 3.8) is 0 Å². The highest BCUT2D eigenvalue weighted by Gasteiger charge is 2.28. The van der Waals surface area contributed by atoms with E-state index in [1.54, 1.807) is 12.1 Å². The summed E-state index contributed by atoms with van der Waals surface area (Å²) in [4.78, 5) is 18.0. The van der Waals surface area contributed by atoms with Crippen molar-refractivity contribution in [2.75, 3.05) is 24.6 Å². The first kappa shape index (κ1) is 13.8. The van der Waals surface area contributed by atoms with Crippen molar-refractivity contribution in [3.05, 3.63) is 35.9 Å². The van der Waals surface area contributed by atoms with Crippen LogP contribution in [0.25, 0.3) is 10.9 Å². The summed E-state index contributed by atoms with van der Waals surface area (Å²) in [6.07, 6.45) is 0. The SMILES string of the molecule is CC1(C)CN(c2ccc3c(C(=O)O)cccc3n2)CCO1. The molecule has 5 heteroatoms. The lowest BCUT2D eigenvalue weighted by atomic mass is 10.1. The summed E-state index contributed by atoms with van der Waals surface area (Å²) in [5.41, 5.74) is 0.795. The molecule has 0 radical (unpaired) electrons. The number of morpholine rings is 1. The number of carboxylic acid groups (broad SMARTS) is 1. The molecule has 1 aromatic heterocycles. The van der Waals surface area contributed by atoms with Crippen LogP contribution in [0.2, 0.25) is 0 Å². The summed E-state index contributed by atoms with van der Waals surface area (Å²) in [6, 6.07) is 8.90. The van der Waals surface area contributed by atoms with Gasteiger partial charge in [0.05, 0.1) is 23.3 Å². The summed E-state index contributed by atoms with van der Waals surface area (Å²) in [7, 11) is 0. The van der Waals surface area contributed by atoms with E-state index in [1.807, 2.05) is 18.2 Å². The van der Waals surface area contributed by atoms with E-state index < -0.39 is 5.97 Å². The lowest BCUT2D eigenvalue weighted by Gasteiger charge is -2.38. The number of carboxylic acids is 1. The van der Waals surface area contributed by atoms with Crippen molar-refractivity contribution >= 4 is 22.7 Å². The standard InChI is InChI=1S/C16H18N2O3/c1-16(2)10-18(8-9-21-16)14-7-6-11-12(15(19)20)4-3-5-13(11)17-14/h3-7H,8-10H2,1-2H3,(H,19,20). The monoisotopic (exact) mass is 286 g/mol. The lowest BCUT2D eigenvalue weighted by Crippen LogP contribution is -2.48. The van der Waals surface area contributed by atoms with Crippen LogP contribution < -0.4 is 4.90 Å². The van der Waals surface area contributed by atoms with Crippen LogP contribution >= 0.6 is 0 Å². The lowest BCUT2D eigenvalue weighted by molar-refractivity contribution is -0.0279. The Bertz CT molecular complexity index is 697. The molecule has 0 unspecified atom stereocenters. The molecule has 1 fully saturated rings. The molecule has 0 amide bonds. The molecule has 2 aromatic rings. The van der Waals surface area contributed by atoms with Gasteiger partial charge in [-0.25, -0.2) is 9.78 Å². The summed E-state index contributed by atoms with van der Waals surface area (Å²) in [5.74, 6) is -0.0657. The van der Waals surface area contributed by atoms with Gasteiger partial charge in [0.25, 0.3) is 0 Å². The fourth-order valence-corrected chi connectivity index (χ4v) is 2.72. The molecular weight excluding hydrogens is 268 g/mol. The normalized spacial score (nSPS) is 17.9. The molecule has 0 spiro atoms. The Hall–Kier alpha value is -2.14. The number of ether oxygens (including phenoxy) is 1. The third-order valence-corrected chi connectivity index (χ3v) is 3.70. The number of aromatic nitrogens is 1. The molecule has 1 N–H and O–H groups in total. The molecule has 1 aliphatic heterocycles. The molecule has 0 atom stereocenters. The first-order chi connectivity index (χ1) is 9.96. The third-order valence-electron chi connectivity index (χ3n) is 3.70. The summed E-state index contributed by atoms with van der Waals surface area (Å²) >= 11 is 0. The number of hydrogen-bond acceptors (Lipinski definition) is 4. The predicted octanol–water partition coefficient (Wildman–Crippen LogP) is 2.55. The highest BCUT2D eigenvalue weighted by atomic mass is 16.5. The number of fused-ring (bicyclic) bond motifs is 1. The number of aromatic carboxylic acids is 1. The van der Waals surface area contributed by atoms with Crippen molar-refractivity contribution < 1.29 is 14.6 Å². The van der Waals surface area contributed by atoms with Crippen molar-refractivity contribution in [1.29, 1.82) is 0 Å². The average molecular weight is 286 g/mol. The third kappa shape index (κ3) is 2.69. The Morgan fingerprint density at radius 1 is 1.33 bits per heavy atom. The molecule has 0 aliphatic carbocycles. The number of hydrogen-bond donors (Lipinski definition) is 1. The molecule has 5 nitrogen and oxygen atoms in total. The van der Waals surface area contributed by atoms with E-state index in [-0.39, 0.29) is 11.2 Å². The highest BCUT2D eigenvalue weighted by Crippen LogP contribution is 2.25. The number of nitrogens with zero attached hydrogens (tertiary/aromatic N) is 2. The second-order valence-corrected chi connectivity index (χ2v) is 5.88. The second-order valence-electron chi connectivity index (χ2n) is 5.88. The van der Waals surface area contributed by atoms with E-state index in [4.69, 9.17) is 4.74 Å². The number of rotatable bonds is 2. The molecule has 21 heavy (non-hydrogen) atoms. The Morgan fingerprint density at radius 2 is 2.14 bits per heavy atom. The Labute approximate surface area is 123 Å². The fourth-order valence-electron chi connectivity index (χ4n) is 2.72. The van der Waals surface area contributed by atoms with E-state index >= 15 is 0 Å². The van der Waals surface area contributed by atoms with Crippen LogP contribution in [0.5, 0.6) is 0 Å². The highest BCUT2D eigenvalue weighted by molar-refractivity contribution is 6.02. The van der Waals surface area contributed by atoms with Crippen LogP contribution in [0.1, 0.15) is 24.2 Å². The zero-order valence-electron chi connectivity index (χ0n) is 12.2. The van der Waals surface area contributed by atoms with Crippen LogP contribution in [0.4, 0.5) is 5.82 Å². The summed E-state index contributed by atoms with van der Waals surface area (Å²) in [6.45, 7) is 6.35. The van der Waals surface area contributed by atoms with E-state index in [0.29, 0.717) is 17.5 Å². The van der Waals surface area contributed by atoms with Gasteiger partial charge in [0.15, 0.2) is 0 Å². The predicted molar refractivity (Wildman–Crippen MR) is 80.9 cm³/mol. The zero-order chi connectivity index (χ0) is 15.0. The Morgan fingerprint density at radius 3 is 2.86 bits per heavy atom. The summed E-state index contributed by atoms with van der Waals surface area (Å²) < 4.78 is 5.71. The molecule has 1 aliphatic rings. The van der Waals surface area contributed by atoms with Crippen molar-refractivity contribution in [2.24, 2.45) is 0 Å². The van der Waals surface area contributed by atoms with Gasteiger partial charge in [0.2, 0.25) is 0 Å².